The molecule has 0 radical (unpaired) electrons. The number of rotatable bonds is 1. The molecule has 1 aliphatic rings. The molecule has 21 heavy (non-hydrogen) atoms. The minimum absolute atomic E-state index is 0.274. The molecule has 0 unspecified atom stereocenters. The highest BCUT2D eigenvalue weighted by Crippen LogP contribution is 2.30. The van der Waals surface area contributed by atoms with Crippen molar-refractivity contribution in [3.63, 3.8) is 0 Å². The van der Waals surface area contributed by atoms with Gasteiger partial charge in [0, 0.05) is 17.8 Å². The van der Waals surface area contributed by atoms with Gasteiger partial charge >= 0.3 is 0 Å². The Bertz CT molecular complexity index is 743. The van der Waals surface area contributed by atoms with Crippen LogP contribution in [0.5, 0.6) is 0 Å². The van der Waals surface area contributed by atoms with Gasteiger partial charge in [-0.1, -0.05) is 6.07 Å². The first kappa shape index (κ1) is 13.8. The van der Waals surface area contributed by atoms with E-state index < -0.39 is 5.82 Å². The van der Waals surface area contributed by atoms with E-state index in [1.54, 1.807) is 12.3 Å². The number of hydrogen-bond donors (Lipinski definition) is 2. The quantitative estimate of drug-likeness (QED) is 0.614. The maximum absolute atomic E-state index is 13.8. The fraction of sp³-hybridized carbons (Fsp3) is 0.0714. The number of nitrogens with two attached hydrogens (primary N) is 1. The topological polar surface area (TPSA) is 75.7 Å². The van der Waals surface area contributed by atoms with Crippen LogP contribution in [0.1, 0.15) is 11.3 Å². The Hall–Kier alpha value is -2.12. The van der Waals surface area contributed by atoms with Crippen LogP contribution in [0.3, 0.4) is 0 Å². The summed E-state index contributed by atoms with van der Waals surface area (Å²) in [5.74, 6) is 5.48. The fourth-order valence-electron chi connectivity index (χ4n) is 2.04. The average molecular weight is 348 g/mol. The van der Waals surface area contributed by atoms with Gasteiger partial charge in [0.15, 0.2) is 0 Å². The Kier molecular flexibility index (Phi) is 3.76. The van der Waals surface area contributed by atoms with Gasteiger partial charge in [-0.3, -0.25) is 9.98 Å². The van der Waals surface area contributed by atoms with Gasteiger partial charge in [-0.05, 0) is 34.1 Å². The molecule has 2 aromatic rings. The summed E-state index contributed by atoms with van der Waals surface area (Å²) in [5, 5.41) is 0. The summed E-state index contributed by atoms with van der Waals surface area (Å²) in [6, 6.07) is 8.55. The number of halogens is 2. The van der Waals surface area contributed by atoms with Gasteiger partial charge in [-0.25, -0.2) is 15.2 Å². The number of amidine groups is 1. The Morgan fingerprint density at radius 2 is 2.14 bits per heavy atom. The van der Waals surface area contributed by atoms with E-state index in [0.29, 0.717) is 33.0 Å². The van der Waals surface area contributed by atoms with Crippen LogP contribution in [0.15, 0.2) is 51.0 Å². The normalized spacial score (nSPS) is 13.9. The largest absolute Gasteiger partial charge is 0.310 e. The van der Waals surface area contributed by atoms with Crippen molar-refractivity contribution >= 4 is 33.2 Å². The number of hydrazine groups is 1. The van der Waals surface area contributed by atoms with Crippen molar-refractivity contribution < 1.29 is 4.39 Å². The molecule has 1 aromatic carbocycles. The number of nitrogens with zero attached hydrogens (tertiary/aromatic N) is 3. The number of nitrogens with one attached hydrogen (secondary N) is 1. The maximum atomic E-state index is 13.8. The second-order valence-electron chi connectivity index (χ2n) is 4.37. The molecule has 3 rings (SSSR count). The van der Waals surface area contributed by atoms with E-state index in [2.05, 4.69) is 36.3 Å². The number of pyridine rings is 1. The molecular formula is C14H11BrFN5. The van der Waals surface area contributed by atoms with Crippen molar-refractivity contribution in [1.82, 2.24) is 10.4 Å². The lowest BCUT2D eigenvalue weighted by atomic mass is 10.0. The van der Waals surface area contributed by atoms with Crippen molar-refractivity contribution in [2.45, 2.75) is 0 Å². The lowest BCUT2D eigenvalue weighted by Gasteiger charge is -2.08. The molecule has 5 nitrogen and oxygen atoms in total. The van der Waals surface area contributed by atoms with Crippen LogP contribution in [-0.4, -0.2) is 23.1 Å². The second kappa shape index (κ2) is 5.71. The number of benzene rings is 1. The number of aromatic nitrogens is 1. The first-order chi connectivity index (χ1) is 10.2. The molecule has 0 saturated carbocycles. The van der Waals surface area contributed by atoms with E-state index in [1.165, 1.54) is 6.07 Å². The van der Waals surface area contributed by atoms with E-state index in [9.17, 15) is 4.39 Å². The highest BCUT2D eigenvalue weighted by Gasteiger charge is 2.19. The third-order valence-electron chi connectivity index (χ3n) is 3.01. The Labute approximate surface area is 128 Å². The van der Waals surface area contributed by atoms with Crippen LogP contribution in [0, 0.1) is 5.82 Å². The summed E-state index contributed by atoms with van der Waals surface area (Å²) in [4.78, 5) is 13.1. The molecule has 0 fully saturated rings. The number of hydrogen-bond acceptors (Lipinski definition) is 5. The minimum Gasteiger partial charge on any atom is -0.310 e. The summed E-state index contributed by atoms with van der Waals surface area (Å²) in [6.07, 6.45) is 1.68. The highest BCUT2D eigenvalue weighted by molar-refractivity contribution is 9.10. The van der Waals surface area contributed by atoms with Crippen molar-refractivity contribution in [3.8, 4) is 0 Å². The summed E-state index contributed by atoms with van der Waals surface area (Å²) < 4.78 is 14.1. The third-order valence-corrected chi connectivity index (χ3v) is 3.62. The molecule has 3 N–H and O–H groups in total. The maximum Gasteiger partial charge on any atom is 0.139 e. The van der Waals surface area contributed by atoms with Crippen molar-refractivity contribution in [2.24, 2.45) is 15.8 Å². The van der Waals surface area contributed by atoms with Gasteiger partial charge < -0.3 is 5.43 Å². The first-order valence-corrected chi connectivity index (χ1v) is 6.98. The monoisotopic (exact) mass is 347 g/mol. The summed E-state index contributed by atoms with van der Waals surface area (Å²) >= 11 is 3.19. The standard InChI is InChI=1S/C14H11BrFN5/c15-9-5-8-12(6-10(9)16)20-13(21-17)7-19-14(8)11-3-1-2-4-18-11/h1-6H,7,17H2,(H,20,21). The van der Waals surface area contributed by atoms with Gasteiger partial charge in [0.25, 0.3) is 0 Å². The lowest BCUT2D eigenvalue weighted by molar-refractivity contribution is 0.621. The molecule has 0 saturated heterocycles. The summed E-state index contributed by atoms with van der Waals surface area (Å²) in [7, 11) is 0. The van der Waals surface area contributed by atoms with Crippen LogP contribution >= 0.6 is 15.9 Å². The van der Waals surface area contributed by atoms with E-state index in [-0.39, 0.29) is 6.54 Å². The van der Waals surface area contributed by atoms with Crippen LogP contribution in [-0.2, 0) is 0 Å². The van der Waals surface area contributed by atoms with Gasteiger partial charge in [-0.2, -0.15) is 0 Å². The molecule has 0 spiro atoms. The van der Waals surface area contributed by atoms with Crippen LogP contribution < -0.4 is 11.3 Å². The lowest BCUT2D eigenvalue weighted by Crippen LogP contribution is -2.32. The summed E-state index contributed by atoms with van der Waals surface area (Å²) in [5.41, 5.74) is 5.00. The number of fused-ring (bicyclic) bond motifs is 1. The molecule has 2 heterocycles. The van der Waals surface area contributed by atoms with Crippen molar-refractivity contribution in [1.29, 1.82) is 0 Å². The molecule has 0 aliphatic carbocycles. The molecule has 0 atom stereocenters. The third kappa shape index (κ3) is 2.70. The molecule has 7 heteroatoms. The minimum atomic E-state index is -0.392. The van der Waals surface area contributed by atoms with E-state index in [0.717, 1.165) is 0 Å². The zero-order chi connectivity index (χ0) is 14.8. The van der Waals surface area contributed by atoms with Gasteiger partial charge in [0.2, 0.25) is 0 Å². The molecular weight excluding hydrogens is 337 g/mol. The fourth-order valence-corrected chi connectivity index (χ4v) is 2.38. The summed E-state index contributed by atoms with van der Waals surface area (Å²) in [6.45, 7) is 0.274. The van der Waals surface area contributed by atoms with Gasteiger partial charge in [0.1, 0.15) is 11.7 Å². The predicted molar refractivity (Wildman–Crippen MR) is 83.3 cm³/mol. The van der Waals surface area contributed by atoms with E-state index in [1.807, 2.05) is 18.2 Å². The van der Waals surface area contributed by atoms with Gasteiger partial charge in [-0.15, -0.1) is 0 Å². The Morgan fingerprint density at radius 1 is 1.29 bits per heavy atom. The van der Waals surface area contributed by atoms with Crippen LogP contribution in [0.25, 0.3) is 0 Å². The van der Waals surface area contributed by atoms with E-state index >= 15 is 0 Å². The SMILES string of the molecule is NNC1=Nc2cc(F)c(Br)cc2C(c2ccccn2)=NC1. The molecule has 0 bridgehead atoms. The molecule has 1 aromatic heterocycles. The highest BCUT2D eigenvalue weighted by atomic mass is 79.9. The zero-order valence-corrected chi connectivity index (χ0v) is 12.4. The van der Waals surface area contributed by atoms with Gasteiger partial charge in [0.05, 0.1) is 28.1 Å². The van der Waals surface area contributed by atoms with Crippen LogP contribution in [0.4, 0.5) is 10.1 Å². The van der Waals surface area contributed by atoms with E-state index in [4.69, 9.17) is 5.84 Å². The Balaban J connectivity index is 2.22. The molecule has 1 aliphatic heterocycles. The first-order valence-electron chi connectivity index (χ1n) is 6.18. The molecule has 0 amide bonds. The predicted octanol–water partition coefficient (Wildman–Crippen LogP) is 2.33. The van der Waals surface area contributed by atoms with Crippen molar-refractivity contribution in [3.05, 3.63) is 58.1 Å². The molecule has 106 valence electrons. The van der Waals surface area contributed by atoms with Crippen molar-refractivity contribution in [2.75, 3.05) is 6.54 Å². The second-order valence-corrected chi connectivity index (χ2v) is 5.22. The average Bonchev–Trinajstić information content (AvgIpc) is 2.68. The zero-order valence-electron chi connectivity index (χ0n) is 10.8. The van der Waals surface area contributed by atoms with Crippen LogP contribution in [0.2, 0.25) is 0 Å². The smallest absolute Gasteiger partial charge is 0.139 e. The number of aliphatic imine (C=N–C) groups is 2. The Morgan fingerprint density at radius 3 is 2.86 bits per heavy atom.